The molecule has 0 aliphatic carbocycles. The van der Waals surface area contributed by atoms with Crippen molar-refractivity contribution in [3.05, 3.63) is 84.6 Å². The normalized spacial score (nSPS) is 11.1. The predicted molar refractivity (Wildman–Crippen MR) is 112 cm³/mol. The third-order valence-corrected chi connectivity index (χ3v) is 4.87. The minimum Gasteiger partial charge on any atom is -0.354 e. The monoisotopic (exact) mass is 379 g/mol. The summed E-state index contributed by atoms with van der Waals surface area (Å²) >= 11 is 0. The van der Waals surface area contributed by atoms with Gasteiger partial charge in [-0.25, -0.2) is 15.0 Å². The summed E-state index contributed by atoms with van der Waals surface area (Å²) in [5.41, 5.74) is 11.8. The number of aromatic nitrogens is 5. The van der Waals surface area contributed by atoms with Crippen LogP contribution in [0.5, 0.6) is 0 Å². The molecule has 2 aromatic carbocycles. The first-order chi connectivity index (χ1) is 14.3. The fraction of sp³-hybridized carbons (Fsp3) is 0.0435. The van der Waals surface area contributed by atoms with Crippen molar-refractivity contribution in [1.29, 1.82) is 0 Å². The molecule has 29 heavy (non-hydrogen) atoms. The number of H-pyrrole nitrogens is 1. The van der Waals surface area contributed by atoms with Gasteiger partial charge < -0.3 is 5.73 Å². The number of rotatable bonds is 4. The number of nitrogens with one attached hydrogen (secondary N) is 1. The smallest absolute Gasteiger partial charge is 0.179 e. The molecule has 6 nitrogen and oxygen atoms in total. The highest BCUT2D eigenvalue weighted by molar-refractivity contribution is 5.85. The second-order valence-corrected chi connectivity index (χ2v) is 6.74. The number of quaternary nitrogens is 1. The summed E-state index contributed by atoms with van der Waals surface area (Å²) in [4.78, 5) is 14.6. The summed E-state index contributed by atoms with van der Waals surface area (Å²) in [5, 5.41) is 6.96. The Hall–Kier alpha value is -3.90. The van der Waals surface area contributed by atoms with E-state index in [0.717, 1.165) is 46.0 Å². The lowest BCUT2D eigenvalue weighted by Gasteiger charge is -2.11. The fourth-order valence-electron chi connectivity index (χ4n) is 3.32. The van der Waals surface area contributed by atoms with Gasteiger partial charge in [-0.15, -0.1) is 0 Å². The first-order valence-electron chi connectivity index (χ1n) is 9.44. The highest BCUT2D eigenvalue weighted by Crippen LogP contribution is 2.31. The van der Waals surface area contributed by atoms with Crippen LogP contribution in [0.1, 0.15) is 5.56 Å². The van der Waals surface area contributed by atoms with Crippen molar-refractivity contribution in [3.63, 3.8) is 0 Å². The molecular weight excluding hydrogens is 360 g/mol. The van der Waals surface area contributed by atoms with E-state index in [1.807, 2.05) is 36.4 Å². The molecule has 6 heteroatoms. The van der Waals surface area contributed by atoms with Crippen molar-refractivity contribution in [3.8, 4) is 33.9 Å². The molecule has 140 valence electrons. The first kappa shape index (κ1) is 17.2. The predicted octanol–water partition coefficient (Wildman–Crippen LogP) is 3.49. The maximum Gasteiger partial charge on any atom is 0.179 e. The lowest BCUT2D eigenvalue weighted by atomic mass is 10.0. The summed E-state index contributed by atoms with van der Waals surface area (Å²) in [5.74, 6) is 0. The van der Waals surface area contributed by atoms with Crippen LogP contribution in [-0.2, 0) is 6.54 Å². The van der Waals surface area contributed by atoms with Crippen LogP contribution in [0, 0.1) is 0 Å². The van der Waals surface area contributed by atoms with Gasteiger partial charge in [0, 0.05) is 22.9 Å². The Balaban J connectivity index is 1.73. The van der Waals surface area contributed by atoms with E-state index < -0.39 is 0 Å². The van der Waals surface area contributed by atoms with E-state index in [2.05, 4.69) is 52.3 Å². The van der Waals surface area contributed by atoms with Crippen LogP contribution in [-0.4, -0.2) is 25.1 Å². The maximum atomic E-state index is 4.92. The molecule has 3 heterocycles. The Bertz CT molecular complexity index is 1260. The zero-order valence-corrected chi connectivity index (χ0v) is 15.7. The van der Waals surface area contributed by atoms with E-state index in [0.29, 0.717) is 5.65 Å². The first-order valence-corrected chi connectivity index (χ1v) is 9.44. The molecular formula is C23H19N6+. The van der Waals surface area contributed by atoms with E-state index in [4.69, 9.17) is 15.0 Å². The molecule has 0 spiro atoms. The zero-order chi connectivity index (χ0) is 19.6. The van der Waals surface area contributed by atoms with E-state index in [9.17, 15) is 0 Å². The summed E-state index contributed by atoms with van der Waals surface area (Å²) in [6.07, 6.45) is 1.71. The molecule has 0 aliphatic heterocycles. The van der Waals surface area contributed by atoms with Crippen LogP contribution in [0.3, 0.4) is 0 Å². The zero-order valence-electron chi connectivity index (χ0n) is 15.7. The highest BCUT2D eigenvalue weighted by Gasteiger charge is 2.15. The third-order valence-electron chi connectivity index (χ3n) is 4.87. The van der Waals surface area contributed by atoms with Crippen molar-refractivity contribution >= 4 is 11.2 Å². The van der Waals surface area contributed by atoms with E-state index in [1.54, 1.807) is 6.20 Å². The summed E-state index contributed by atoms with van der Waals surface area (Å²) in [6, 6.07) is 24.2. The van der Waals surface area contributed by atoms with Crippen LogP contribution in [0.25, 0.3) is 45.1 Å². The van der Waals surface area contributed by atoms with Crippen LogP contribution >= 0.6 is 0 Å². The topological polar surface area (TPSA) is 95.0 Å². The molecule has 3 aromatic heterocycles. The molecule has 0 bridgehead atoms. The average molecular weight is 379 g/mol. The number of benzene rings is 2. The molecule has 0 atom stereocenters. The van der Waals surface area contributed by atoms with E-state index in [1.165, 1.54) is 5.56 Å². The SMILES string of the molecule is [NH3+]Cc1ccc(-c2nc3nc(-c4ccn[nH]4)ccc3nc2-c2ccccc2)cc1. The lowest BCUT2D eigenvalue weighted by Crippen LogP contribution is -2.47. The number of pyridine rings is 1. The molecule has 0 fully saturated rings. The van der Waals surface area contributed by atoms with Crippen LogP contribution in [0.15, 0.2) is 79.0 Å². The minimum atomic E-state index is 0.605. The number of hydrogen-bond acceptors (Lipinski definition) is 4. The Labute approximate surface area is 167 Å². The van der Waals surface area contributed by atoms with E-state index in [-0.39, 0.29) is 0 Å². The van der Waals surface area contributed by atoms with Gasteiger partial charge in [0.2, 0.25) is 0 Å². The highest BCUT2D eigenvalue weighted by atomic mass is 15.1. The summed E-state index contributed by atoms with van der Waals surface area (Å²) < 4.78 is 0. The number of hydrogen-bond donors (Lipinski definition) is 2. The fourth-order valence-corrected chi connectivity index (χ4v) is 3.32. The standard InChI is InChI=1S/C23H18N6/c24-14-15-6-8-17(9-7-15)22-21(16-4-2-1-3-5-16)26-20-11-10-18(27-23(20)28-22)19-12-13-25-29-19/h1-13H,14,24H2,(H,25,29)/p+1. The molecule has 0 saturated carbocycles. The van der Waals surface area contributed by atoms with Gasteiger partial charge in [-0.1, -0.05) is 54.6 Å². The van der Waals surface area contributed by atoms with Crippen molar-refractivity contribution in [2.75, 3.05) is 0 Å². The largest absolute Gasteiger partial charge is 0.354 e. The Morgan fingerprint density at radius 3 is 2.21 bits per heavy atom. The van der Waals surface area contributed by atoms with Gasteiger partial charge in [0.25, 0.3) is 0 Å². The molecule has 0 aliphatic rings. The average Bonchev–Trinajstić information content (AvgIpc) is 3.33. The van der Waals surface area contributed by atoms with Crippen LogP contribution in [0.2, 0.25) is 0 Å². The molecule has 0 amide bonds. The van der Waals surface area contributed by atoms with Crippen LogP contribution < -0.4 is 5.73 Å². The Morgan fingerprint density at radius 2 is 1.48 bits per heavy atom. The molecule has 5 aromatic rings. The van der Waals surface area contributed by atoms with Gasteiger partial charge in [0.1, 0.15) is 5.52 Å². The summed E-state index contributed by atoms with van der Waals surface area (Å²) in [7, 11) is 0. The molecule has 0 unspecified atom stereocenters. The van der Waals surface area contributed by atoms with Gasteiger partial charge >= 0.3 is 0 Å². The van der Waals surface area contributed by atoms with Gasteiger partial charge in [-0.05, 0) is 18.2 Å². The number of nitrogens with zero attached hydrogens (tertiary/aromatic N) is 4. The molecule has 4 N–H and O–H groups in total. The van der Waals surface area contributed by atoms with Crippen molar-refractivity contribution in [2.45, 2.75) is 6.54 Å². The third kappa shape index (κ3) is 3.26. The second kappa shape index (κ2) is 7.26. The summed E-state index contributed by atoms with van der Waals surface area (Å²) in [6.45, 7) is 0.754. The molecule has 0 saturated heterocycles. The number of aromatic amines is 1. The van der Waals surface area contributed by atoms with Crippen molar-refractivity contribution in [2.24, 2.45) is 0 Å². The Kier molecular flexibility index (Phi) is 4.31. The maximum absolute atomic E-state index is 4.92. The second-order valence-electron chi connectivity index (χ2n) is 6.74. The minimum absolute atomic E-state index is 0.605. The van der Waals surface area contributed by atoms with Crippen molar-refractivity contribution < 1.29 is 5.73 Å². The Morgan fingerprint density at radius 1 is 0.724 bits per heavy atom. The molecule has 0 radical (unpaired) electrons. The van der Waals surface area contributed by atoms with E-state index >= 15 is 0 Å². The molecule has 5 rings (SSSR count). The van der Waals surface area contributed by atoms with Crippen molar-refractivity contribution in [1.82, 2.24) is 25.1 Å². The van der Waals surface area contributed by atoms with Gasteiger partial charge in [-0.2, -0.15) is 5.10 Å². The van der Waals surface area contributed by atoms with Gasteiger partial charge in [0.05, 0.1) is 29.3 Å². The van der Waals surface area contributed by atoms with Crippen LogP contribution in [0.4, 0.5) is 0 Å². The van der Waals surface area contributed by atoms with Gasteiger partial charge in [-0.3, -0.25) is 5.10 Å². The quantitative estimate of drug-likeness (QED) is 0.500. The lowest BCUT2D eigenvalue weighted by molar-refractivity contribution is -0.386. The number of fused-ring (bicyclic) bond motifs is 1. The van der Waals surface area contributed by atoms with Gasteiger partial charge in [0.15, 0.2) is 5.65 Å².